The Kier molecular flexibility index (Phi) is 6.72. The molecule has 2 aliphatic rings. The van der Waals surface area contributed by atoms with Crippen LogP contribution in [0.3, 0.4) is 0 Å². The van der Waals surface area contributed by atoms with Crippen LogP contribution in [0.4, 0.5) is 0 Å². The van der Waals surface area contributed by atoms with Crippen molar-refractivity contribution in [3.8, 4) is 0 Å². The summed E-state index contributed by atoms with van der Waals surface area (Å²) in [6.45, 7) is 7.77. The van der Waals surface area contributed by atoms with Gasteiger partial charge in [-0.25, -0.2) is 0 Å². The average Bonchev–Trinajstić information content (AvgIpc) is 3.19. The van der Waals surface area contributed by atoms with Crippen molar-refractivity contribution in [3.63, 3.8) is 0 Å². The van der Waals surface area contributed by atoms with Crippen molar-refractivity contribution in [2.75, 3.05) is 0 Å². The Labute approximate surface area is 157 Å². The van der Waals surface area contributed by atoms with E-state index in [1.807, 2.05) is 27.7 Å². The van der Waals surface area contributed by atoms with Crippen LogP contribution in [-0.4, -0.2) is 45.3 Å². The van der Waals surface area contributed by atoms with Crippen LogP contribution in [0.5, 0.6) is 0 Å². The molecule has 0 aliphatic heterocycles. The second-order valence-corrected chi connectivity index (χ2v) is 9.01. The smallest absolute Gasteiger partial charge is 0.309 e. The van der Waals surface area contributed by atoms with Gasteiger partial charge in [-0.3, -0.25) is 9.59 Å². The van der Waals surface area contributed by atoms with Crippen molar-refractivity contribution < 1.29 is 19.8 Å². The van der Waals surface area contributed by atoms with Gasteiger partial charge in [-0.1, -0.05) is 53.4 Å². The molecule has 0 aromatic carbocycles. The van der Waals surface area contributed by atoms with Gasteiger partial charge in [-0.2, -0.15) is 0 Å². The Morgan fingerprint density at radius 1 is 0.692 bits per heavy atom. The molecular formula is C20H36N2O4. The van der Waals surface area contributed by atoms with Crippen molar-refractivity contribution in [2.45, 2.75) is 102 Å². The molecule has 2 saturated carbocycles. The number of carbonyl (C=O) groups is 2. The molecule has 2 aliphatic carbocycles. The van der Waals surface area contributed by atoms with Crippen LogP contribution in [0.1, 0.15) is 79.1 Å². The normalized spacial score (nSPS) is 23.8. The summed E-state index contributed by atoms with van der Waals surface area (Å²) in [5.74, 6) is -1.41. The molecule has 0 spiro atoms. The zero-order chi connectivity index (χ0) is 19.5. The highest BCUT2D eigenvalue weighted by atomic mass is 16.3. The van der Waals surface area contributed by atoms with Crippen LogP contribution in [0.2, 0.25) is 0 Å². The summed E-state index contributed by atoms with van der Waals surface area (Å²) in [6.07, 6.45) is 6.32. The Balaban J connectivity index is 2.04. The minimum absolute atomic E-state index is 0.0229. The van der Waals surface area contributed by atoms with E-state index in [1.165, 1.54) is 0 Å². The molecule has 2 atom stereocenters. The van der Waals surface area contributed by atoms with Gasteiger partial charge in [-0.05, 0) is 37.5 Å². The first-order chi connectivity index (χ1) is 12.1. The highest BCUT2D eigenvalue weighted by Gasteiger charge is 2.44. The summed E-state index contributed by atoms with van der Waals surface area (Å²) in [5.41, 5.74) is -1.88. The minimum atomic E-state index is -0.939. The maximum absolute atomic E-state index is 12.5. The summed E-state index contributed by atoms with van der Waals surface area (Å²) >= 11 is 0. The van der Waals surface area contributed by atoms with E-state index in [2.05, 4.69) is 10.6 Å². The average molecular weight is 369 g/mol. The topological polar surface area (TPSA) is 98.7 Å². The Morgan fingerprint density at radius 3 is 1.19 bits per heavy atom. The number of aliphatic hydroxyl groups is 2. The van der Waals surface area contributed by atoms with Gasteiger partial charge in [0.2, 0.25) is 0 Å². The van der Waals surface area contributed by atoms with Crippen LogP contribution in [0, 0.1) is 11.8 Å². The minimum Gasteiger partial charge on any atom is -0.388 e. The molecule has 4 N–H and O–H groups in total. The SMILES string of the molecule is CC(C)[C@@H](NC(=O)C(=O)N[C@H](C(C)C)C1(O)CCCC1)C1(O)CCCC1. The lowest BCUT2D eigenvalue weighted by Crippen LogP contribution is -2.60. The maximum atomic E-state index is 12.5. The summed E-state index contributed by atoms with van der Waals surface area (Å²) in [5, 5.41) is 27.2. The number of hydrogen-bond donors (Lipinski definition) is 4. The molecule has 6 heteroatoms. The van der Waals surface area contributed by atoms with E-state index < -0.39 is 35.1 Å². The van der Waals surface area contributed by atoms with Crippen LogP contribution >= 0.6 is 0 Å². The second-order valence-electron chi connectivity index (χ2n) is 9.01. The second kappa shape index (κ2) is 8.26. The fraction of sp³-hybridized carbons (Fsp3) is 0.900. The molecule has 0 aromatic rings. The van der Waals surface area contributed by atoms with E-state index in [0.717, 1.165) is 25.7 Å². The zero-order valence-electron chi connectivity index (χ0n) is 16.7. The molecule has 0 bridgehead atoms. The van der Waals surface area contributed by atoms with Gasteiger partial charge < -0.3 is 20.8 Å². The van der Waals surface area contributed by atoms with Crippen LogP contribution in [0.25, 0.3) is 0 Å². The van der Waals surface area contributed by atoms with E-state index in [0.29, 0.717) is 25.7 Å². The first kappa shape index (κ1) is 21.2. The van der Waals surface area contributed by atoms with Crippen molar-refractivity contribution in [1.82, 2.24) is 10.6 Å². The lowest BCUT2D eigenvalue weighted by molar-refractivity contribution is -0.143. The molecule has 0 saturated heterocycles. The largest absolute Gasteiger partial charge is 0.388 e. The first-order valence-electron chi connectivity index (χ1n) is 10.2. The molecule has 26 heavy (non-hydrogen) atoms. The lowest BCUT2D eigenvalue weighted by Gasteiger charge is -2.37. The van der Waals surface area contributed by atoms with E-state index >= 15 is 0 Å². The van der Waals surface area contributed by atoms with Crippen LogP contribution < -0.4 is 10.6 Å². The number of rotatable bonds is 6. The highest BCUT2D eigenvalue weighted by molar-refractivity contribution is 6.35. The van der Waals surface area contributed by atoms with Gasteiger partial charge >= 0.3 is 11.8 Å². The molecule has 0 heterocycles. The monoisotopic (exact) mass is 368 g/mol. The van der Waals surface area contributed by atoms with Crippen molar-refractivity contribution in [1.29, 1.82) is 0 Å². The third-order valence-corrected chi connectivity index (χ3v) is 6.21. The molecule has 0 radical (unpaired) electrons. The van der Waals surface area contributed by atoms with Gasteiger partial charge in [0.1, 0.15) is 0 Å². The van der Waals surface area contributed by atoms with Gasteiger partial charge in [0.15, 0.2) is 0 Å². The third kappa shape index (κ3) is 4.58. The molecule has 2 fully saturated rings. The molecule has 6 nitrogen and oxygen atoms in total. The highest BCUT2D eigenvalue weighted by Crippen LogP contribution is 2.36. The number of carbonyl (C=O) groups excluding carboxylic acids is 2. The summed E-state index contributed by atoms with van der Waals surface area (Å²) in [7, 11) is 0. The van der Waals surface area contributed by atoms with Crippen molar-refractivity contribution in [2.24, 2.45) is 11.8 Å². The number of hydrogen-bond acceptors (Lipinski definition) is 4. The molecule has 0 unspecified atom stereocenters. The number of amides is 2. The predicted molar refractivity (Wildman–Crippen MR) is 100 cm³/mol. The lowest BCUT2D eigenvalue weighted by atomic mass is 9.84. The number of nitrogens with one attached hydrogen (secondary N) is 2. The van der Waals surface area contributed by atoms with Crippen LogP contribution in [0.15, 0.2) is 0 Å². The Morgan fingerprint density at radius 2 is 0.962 bits per heavy atom. The summed E-state index contributed by atoms with van der Waals surface area (Å²) < 4.78 is 0. The summed E-state index contributed by atoms with van der Waals surface area (Å²) in [6, 6.07) is -0.898. The predicted octanol–water partition coefficient (Wildman–Crippen LogP) is 1.88. The van der Waals surface area contributed by atoms with E-state index in [1.54, 1.807) is 0 Å². The van der Waals surface area contributed by atoms with Gasteiger partial charge in [0, 0.05) is 0 Å². The Bertz CT molecular complexity index is 460. The maximum Gasteiger partial charge on any atom is 0.309 e. The molecule has 150 valence electrons. The van der Waals surface area contributed by atoms with E-state index in [4.69, 9.17) is 0 Å². The molecular weight excluding hydrogens is 332 g/mol. The fourth-order valence-corrected chi connectivity index (χ4v) is 4.85. The third-order valence-electron chi connectivity index (χ3n) is 6.21. The van der Waals surface area contributed by atoms with Crippen molar-refractivity contribution >= 4 is 11.8 Å². The zero-order valence-corrected chi connectivity index (χ0v) is 16.7. The van der Waals surface area contributed by atoms with Crippen LogP contribution in [-0.2, 0) is 9.59 Å². The van der Waals surface area contributed by atoms with E-state index in [9.17, 15) is 19.8 Å². The van der Waals surface area contributed by atoms with Gasteiger partial charge in [-0.15, -0.1) is 0 Å². The van der Waals surface area contributed by atoms with Gasteiger partial charge in [0.25, 0.3) is 0 Å². The molecule has 2 amide bonds. The quantitative estimate of drug-likeness (QED) is 0.538. The standard InChI is InChI=1S/C20H36N2O4/c1-13(2)15(19(25)9-5-6-10-19)21-17(23)18(24)22-16(14(3)4)20(26)11-7-8-12-20/h13-16,25-26H,5-12H2,1-4H3,(H,21,23)(H,22,24)/t15-,16-/m1/s1. The molecule has 2 rings (SSSR count). The Hall–Kier alpha value is -1.14. The first-order valence-corrected chi connectivity index (χ1v) is 10.2. The molecule has 0 aromatic heterocycles. The fourth-order valence-electron chi connectivity index (χ4n) is 4.85. The van der Waals surface area contributed by atoms with Crippen molar-refractivity contribution in [3.05, 3.63) is 0 Å². The summed E-state index contributed by atoms with van der Waals surface area (Å²) in [4.78, 5) is 25.0. The van der Waals surface area contributed by atoms with Gasteiger partial charge in [0.05, 0.1) is 23.3 Å². The van der Waals surface area contributed by atoms with E-state index in [-0.39, 0.29) is 11.8 Å².